The van der Waals surface area contributed by atoms with Gasteiger partial charge in [-0.3, -0.25) is 0 Å². The molecule has 0 spiro atoms. The summed E-state index contributed by atoms with van der Waals surface area (Å²) >= 11 is 4.26. The Bertz CT molecular complexity index is 609. The Morgan fingerprint density at radius 1 is 0.917 bits per heavy atom. The van der Waals surface area contributed by atoms with Crippen LogP contribution in [0.3, 0.4) is 0 Å². The number of aryl methyl sites for hydroxylation is 1. The maximum Gasteiger partial charge on any atom is 0.169 e. The highest BCUT2D eigenvalue weighted by Crippen LogP contribution is 2.16. The van der Waals surface area contributed by atoms with Gasteiger partial charge in [-0.05, 0) is 41.9 Å². The first-order valence-electron chi connectivity index (χ1n) is 8.24. The number of rotatable bonds is 8. The third kappa shape index (κ3) is 7.26. The zero-order valence-corrected chi connectivity index (χ0v) is 17.6. The van der Waals surface area contributed by atoms with E-state index in [9.17, 15) is 0 Å². The molecule has 0 bridgehead atoms. The normalized spacial score (nSPS) is 10.6. The van der Waals surface area contributed by atoms with Gasteiger partial charge in [0.15, 0.2) is 12.4 Å². The van der Waals surface area contributed by atoms with Crippen LogP contribution in [0.5, 0.6) is 0 Å². The van der Waals surface area contributed by atoms with Crippen molar-refractivity contribution in [2.75, 3.05) is 24.2 Å². The summed E-state index contributed by atoms with van der Waals surface area (Å²) in [6.45, 7) is 1.10. The van der Waals surface area contributed by atoms with E-state index in [0.29, 0.717) is 0 Å². The monoisotopic (exact) mass is 454 g/mol. The van der Waals surface area contributed by atoms with Gasteiger partial charge >= 0.3 is 0 Å². The third-order valence-electron chi connectivity index (χ3n) is 3.96. The molecular formula is C20H27IN2S. The van der Waals surface area contributed by atoms with Gasteiger partial charge in [0.1, 0.15) is 7.05 Å². The van der Waals surface area contributed by atoms with Crippen molar-refractivity contribution in [3.63, 3.8) is 0 Å². The molecule has 2 rings (SSSR count). The van der Waals surface area contributed by atoms with Gasteiger partial charge in [0.05, 0.1) is 0 Å². The van der Waals surface area contributed by atoms with Crippen molar-refractivity contribution in [1.82, 2.24) is 0 Å². The Balaban J connectivity index is 0.00000288. The van der Waals surface area contributed by atoms with Crippen LogP contribution < -0.4 is 33.4 Å². The topological polar surface area (TPSA) is 7.12 Å². The van der Waals surface area contributed by atoms with Crippen molar-refractivity contribution in [2.24, 2.45) is 7.05 Å². The molecule has 0 fully saturated rings. The lowest BCUT2D eigenvalue weighted by atomic mass is 10.1. The van der Waals surface area contributed by atoms with E-state index >= 15 is 0 Å². The quantitative estimate of drug-likeness (QED) is 0.273. The number of anilines is 1. The largest absolute Gasteiger partial charge is 1.00 e. The maximum atomic E-state index is 4.26. The van der Waals surface area contributed by atoms with Gasteiger partial charge in [-0.15, -0.1) is 0 Å². The third-order valence-corrected chi connectivity index (χ3v) is 4.27. The van der Waals surface area contributed by atoms with E-state index in [2.05, 4.69) is 85.5 Å². The van der Waals surface area contributed by atoms with Crippen LogP contribution in [0.1, 0.15) is 30.4 Å². The molecule has 24 heavy (non-hydrogen) atoms. The molecule has 0 saturated heterocycles. The summed E-state index contributed by atoms with van der Waals surface area (Å²) < 4.78 is 2.04. The molecule has 0 unspecified atom stereocenters. The number of aromatic nitrogens is 1. The smallest absolute Gasteiger partial charge is 0.169 e. The van der Waals surface area contributed by atoms with Crippen molar-refractivity contribution in [1.29, 1.82) is 0 Å². The molecular weight excluding hydrogens is 427 g/mol. The predicted molar refractivity (Wildman–Crippen MR) is 104 cm³/mol. The summed E-state index contributed by atoms with van der Waals surface area (Å²) in [6.07, 6.45) is 12.1. The van der Waals surface area contributed by atoms with E-state index in [1.807, 2.05) is 11.6 Å². The Morgan fingerprint density at radius 2 is 1.50 bits per heavy atom. The predicted octanol–water partition coefficient (Wildman–Crippen LogP) is 1.22. The van der Waals surface area contributed by atoms with E-state index in [1.54, 1.807) is 0 Å². The van der Waals surface area contributed by atoms with Crippen LogP contribution in [-0.4, -0.2) is 19.3 Å². The molecule has 0 saturated carbocycles. The van der Waals surface area contributed by atoms with Gasteiger partial charge < -0.3 is 28.9 Å². The SMILES string of the molecule is CN(CCCCCS)c1ccc(/C=C/c2cc[n+](C)cc2)cc1.[I-]. The van der Waals surface area contributed by atoms with Gasteiger partial charge in [0, 0.05) is 31.4 Å². The van der Waals surface area contributed by atoms with Crippen LogP contribution in [0.4, 0.5) is 5.69 Å². The zero-order valence-electron chi connectivity index (χ0n) is 14.5. The minimum Gasteiger partial charge on any atom is -1.00 e. The highest BCUT2D eigenvalue weighted by atomic mass is 127. The van der Waals surface area contributed by atoms with Crippen molar-refractivity contribution in [2.45, 2.75) is 19.3 Å². The number of hydrogen-bond donors (Lipinski definition) is 1. The molecule has 4 heteroatoms. The number of hydrogen-bond acceptors (Lipinski definition) is 2. The molecule has 2 nitrogen and oxygen atoms in total. The number of unbranched alkanes of at least 4 members (excludes halogenated alkanes) is 2. The summed E-state index contributed by atoms with van der Waals surface area (Å²) in [6, 6.07) is 13.0. The first kappa shape index (κ1) is 21.0. The lowest BCUT2D eigenvalue weighted by Crippen LogP contribution is -3.00. The maximum absolute atomic E-state index is 4.26. The molecule has 0 atom stereocenters. The van der Waals surface area contributed by atoms with Gasteiger partial charge in [-0.2, -0.15) is 12.6 Å². The molecule has 130 valence electrons. The molecule has 0 aliphatic carbocycles. The number of thiol groups is 1. The highest BCUT2D eigenvalue weighted by Gasteiger charge is 2.00. The Morgan fingerprint density at radius 3 is 2.08 bits per heavy atom. The number of nitrogens with zero attached hydrogens (tertiary/aromatic N) is 2. The molecule has 2 aromatic rings. The van der Waals surface area contributed by atoms with Crippen LogP contribution in [0.25, 0.3) is 12.2 Å². The number of benzene rings is 1. The fraction of sp³-hybridized carbons (Fsp3) is 0.350. The van der Waals surface area contributed by atoms with Crippen LogP contribution >= 0.6 is 12.6 Å². The summed E-state index contributed by atoms with van der Waals surface area (Å²) in [7, 11) is 4.19. The molecule has 0 aliphatic heterocycles. The Labute approximate surface area is 169 Å². The lowest BCUT2D eigenvalue weighted by molar-refractivity contribution is -0.671. The van der Waals surface area contributed by atoms with E-state index in [-0.39, 0.29) is 24.0 Å². The average Bonchev–Trinajstić information content (AvgIpc) is 2.58. The van der Waals surface area contributed by atoms with Crippen LogP contribution in [-0.2, 0) is 7.05 Å². The van der Waals surface area contributed by atoms with E-state index < -0.39 is 0 Å². The van der Waals surface area contributed by atoms with Gasteiger partial charge in [0.2, 0.25) is 0 Å². The summed E-state index contributed by atoms with van der Waals surface area (Å²) in [4.78, 5) is 2.32. The number of pyridine rings is 1. The van der Waals surface area contributed by atoms with E-state index in [4.69, 9.17) is 0 Å². The second-order valence-corrected chi connectivity index (χ2v) is 6.37. The summed E-state index contributed by atoms with van der Waals surface area (Å²) in [5.74, 6) is 0.990. The molecule has 1 heterocycles. The Kier molecular flexibility index (Phi) is 10.1. The second-order valence-electron chi connectivity index (χ2n) is 5.93. The minimum absolute atomic E-state index is 0. The minimum atomic E-state index is 0. The van der Waals surface area contributed by atoms with Crippen molar-refractivity contribution >= 4 is 30.5 Å². The first-order valence-corrected chi connectivity index (χ1v) is 8.88. The van der Waals surface area contributed by atoms with Gasteiger partial charge in [0.25, 0.3) is 0 Å². The molecule has 1 aromatic carbocycles. The molecule has 0 amide bonds. The Hall–Kier alpha value is -1.01. The first-order chi connectivity index (χ1) is 11.2. The molecule has 0 aliphatic rings. The van der Waals surface area contributed by atoms with Crippen molar-refractivity contribution < 1.29 is 28.5 Å². The van der Waals surface area contributed by atoms with E-state index in [1.165, 1.54) is 36.1 Å². The van der Waals surface area contributed by atoms with E-state index in [0.717, 1.165) is 12.3 Å². The van der Waals surface area contributed by atoms with Crippen molar-refractivity contribution in [3.05, 3.63) is 59.9 Å². The molecule has 1 aromatic heterocycles. The van der Waals surface area contributed by atoms with Gasteiger partial charge in [-0.1, -0.05) is 30.7 Å². The molecule has 0 radical (unpaired) electrons. The molecule has 0 N–H and O–H groups in total. The highest BCUT2D eigenvalue weighted by molar-refractivity contribution is 7.80. The van der Waals surface area contributed by atoms with Gasteiger partial charge in [-0.25, -0.2) is 4.57 Å². The van der Waals surface area contributed by atoms with Crippen molar-refractivity contribution in [3.8, 4) is 0 Å². The van der Waals surface area contributed by atoms with Crippen LogP contribution in [0, 0.1) is 0 Å². The van der Waals surface area contributed by atoms with Crippen LogP contribution in [0.2, 0.25) is 0 Å². The van der Waals surface area contributed by atoms with Crippen LogP contribution in [0.15, 0.2) is 48.8 Å². The number of halogens is 1. The zero-order chi connectivity index (χ0) is 16.5. The second kappa shape index (κ2) is 11.5. The summed E-state index contributed by atoms with van der Waals surface area (Å²) in [5, 5.41) is 0. The standard InChI is InChI=1S/C20H26N2S.HI/c1-21-15-12-19(13-16-21)7-6-18-8-10-20(11-9-18)22(2)14-4-3-5-17-23;/h6-13,15-16H,3-5,14,17H2,1-2H3;1H. The fourth-order valence-electron chi connectivity index (χ4n) is 2.42. The fourth-order valence-corrected chi connectivity index (χ4v) is 2.65. The average molecular weight is 454 g/mol. The lowest BCUT2D eigenvalue weighted by Gasteiger charge is -2.19. The summed E-state index contributed by atoms with van der Waals surface area (Å²) in [5.41, 5.74) is 3.72.